The molecule has 21 heavy (non-hydrogen) atoms. The van der Waals surface area contributed by atoms with E-state index in [4.69, 9.17) is 9.47 Å². The quantitative estimate of drug-likeness (QED) is 0.747. The Morgan fingerprint density at radius 1 is 1.24 bits per heavy atom. The molecular weight excluding hydrogens is 286 g/mol. The second kappa shape index (κ2) is 8.79. The van der Waals surface area contributed by atoms with Crippen molar-refractivity contribution in [2.45, 2.75) is 19.3 Å². The van der Waals surface area contributed by atoms with Crippen LogP contribution in [-0.2, 0) is 17.9 Å². The molecule has 1 aromatic carbocycles. The standard InChI is InChI=1S/C16H21NO3S/c1-19-15-6-4-13(5-7-15)9-17-10-14(18)11-20-12-16-3-2-8-21-16/h2-8,14,17-18H,9-12H2,1H3/t14-/m1/s1. The number of aliphatic hydroxyl groups excluding tert-OH is 1. The second-order valence-electron chi connectivity index (χ2n) is 4.73. The zero-order valence-corrected chi connectivity index (χ0v) is 12.9. The molecule has 0 amide bonds. The molecule has 0 spiro atoms. The fraction of sp³-hybridized carbons (Fsp3) is 0.375. The molecule has 1 aromatic heterocycles. The van der Waals surface area contributed by atoms with Crippen molar-refractivity contribution in [2.75, 3.05) is 20.3 Å². The Labute approximate surface area is 129 Å². The SMILES string of the molecule is COc1ccc(CNC[C@@H](O)COCc2cccs2)cc1. The molecule has 4 nitrogen and oxygen atoms in total. The Kier molecular flexibility index (Phi) is 6.69. The first-order valence-electron chi connectivity index (χ1n) is 6.90. The summed E-state index contributed by atoms with van der Waals surface area (Å²) in [6, 6.07) is 11.9. The summed E-state index contributed by atoms with van der Waals surface area (Å²) in [5.74, 6) is 0.848. The van der Waals surface area contributed by atoms with Gasteiger partial charge in [-0.05, 0) is 29.1 Å². The lowest BCUT2D eigenvalue weighted by atomic mass is 10.2. The average molecular weight is 307 g/mol. The molecule has 1 atom stereocenters. The van der Waals surface area contributed by atoms with Crippen LogP contribution in [0, 0.1) is 0 Å². The molecule has 114 valence electrons. The van der Waals surface area contributed by atoms with Crippen LogP contribution in [0.3, 0.4) is 0 Å². The smallest absolute Gasteiger partial charge is 0.118 e. The van der Waals surface area contributed by atoms with E-state index in [1.54, 1.807) is 18.4 Å². The number of benzene rings is 1. The van der Waals surface area contributed by atoms with Gasteiger partial charge in [0.25, 0.3) is 0 Å². The van der Waals surface area contributed by atoms with Crippen molar-refractivity contribution in [3.63, 3.8) is 0 Å². The molecule has 2 N–H and O–H groups in total. The van der Waals surface area contributed by atoms with Gasteiger partial charge in [-0.1, -0.05) is 18.2 Å². The molecule has 0 saturated carbocycles. The number of methoxy groups -OCH3 is 1. The number of thiophene rings is 1. The van der Waals surface area contributed by atoms with Crippen molar-refractivity contribution in [2.24, 2.45) is 0 Å². The van der Waals surface area contributed by atoms with Crippen molar-refractivity contribution in [3.8, 4) is 5.75 Å². The Bertz CT molecular complexity index is 499. The lowest BCUT2D eigenvalue weighted by Gasteiger charge is -2.12. The summed E-state index contributed by atoms with van der Waals surface area (Å²) in [5.41, 5.74) is 1.16. The van der Waals surface area contributed by atoms with E-state index in [1.165, 1.54) is 4.88 Å². The van der Waals surface area contributed by atoms with Crippen LogP contribution >= 0.6 is 11.3 Å². The summed E-state index contributed by atoms with van der Waals surface area (Å²) < 4.78 is 10.6. The van der Waals surface area contributed by atoms with Crippen molar-refractivity contribution in [1.82, 2.24) is 5.32 Å². The van der Waals surface area contributed by atoms with E-state index in [0.29, 0.717) is 26.3 Å². The van der Waals surface area contributed by atoms with E-state index in [9.17, 15) is 5.11 Å². The van der Waals surface area contributed by atoms with Gasteiger partial charge in [0.05, 0.1) is 26.4 Å². The highest BCUT2D eigenvalue weighted by atomic mass is 32.1. The summed E-state index contributed by atoms with van der Waals surface area (Å²) in [4.78, 5) is 1.17. The molecule has 0 fully saturated rings. The molecule has 0 unspecified atom stereocenters. The Hall–Kier alpha value is -1.40. The van der Waals surface area contributed by atoms with Crippen LogP contribution < -0.4 is 10.1 Å². The van der Waals surface area contributed by atoms with Gasteiger partial charge in [0, 0.05) is 18.0 Å². The maximum atomic E-state index is 9.83. The predicted molar refractivity (Wildman–Crippen MR) is 84.7 cm³/mol. The van der Waals surface area contributed by atoms with Crippen molar-refractivity contribution in [1.29, 1.82) is 0 Å². The number of aliphatic hydroxyl groups is 1. The van der Waals surface area contributed by atoms with Crippen molar-refractivity contribution < 1.29 is 14.6 Å². The molecule has 0 bridgehead atoms. The van der Waals surface area contributed by atoms with E-state index >= 15 is 0 Å². The molecule has 2 aromatic rings. The van der Waals surface area contributed by atoms with E-state index in [1.807, 2.05) is 41.8 Å². The van der Waals surface area contributed by atoms with Crippen LogP contribution in [-0.4, -0.2) is 31.5 Å². The van der Waals surface area contributed by atoms with Gasteiger partial charge in [-0.2, -0.15) is 0 Å². The number of hydrogen-bond acceptors (Lipinski definition) is 5. The Morgan fingerprint density at radius 2 is 2.05 bits per heavy atom. The highest BCUT2D eigenvalue weighted by molar-refractivity contribution is 7.09. The van der Waals surface area contributed by atoms with Gasteiger partial charge in [0.15, 0.2) is 0 Å². The first-order chi connectivity index (χ1) is 10.3. The third-order valence-electron chi connectivity index (χ3n) is 3.00. The minimum atomic E-state index is -0.497. The first-order valence-corrected chi connectivity index (χ1v) is 7.77. The van der Waals surface area contributed by atoms with Gasteiger partial charge < -0.3 is 19.9 Å². The van der Waals surface area contributed by atoms with Gasteiger partial charge in [-0.15, -0.1) is 11.3 Å². The van der Waals surface area contributed by atoms with Crippen LogP contribution in [0.15, 0.2) is 41.8 Å². The van der Waals surface area contributed by atoms with Crippen LogP contribution in [0.25, 0.3) is 0 Å². The number of rotatable bonds is 9. The minimum absolute atomic E-state index is 0.341. The van der Waals surface area contributed by atoms with Crippen LogP contribution in [0.1, 0.15) is 10.4 Å². The van der Waals surface area contributed by atoms with Gasteiger partial charge in [0.2, 0.25) is 0 Å². The third kappa shape index (κ3) is 5.85. The largest absolute Gasteiger partial charge is 0.497 e. The second-order valence-corrected chi connectivity index (χ2v) is 5.76. The van der Waals surface area contributed by atoms with Gasteiger partial charge >= 0.3 is 0 Å². The van der Waals surface area contributed by atoms with Gasteiger partial charge in [-0.25, -0.2) is 0 Å². The van der Waals surface area contributed by atoms with Crippen molar-refractivity contribution >= 4 is 11.3 Å². The topological polar surface area (TPSA) is 50.7 Å². The first kappa shape index (κ1) is 16.0. The van der Waals surface area contributed by atoms with Crippen molar-refractivity contribution in [3.05, 3.63) is 52.2 Å². The molecule has 2 rings (SSSR count). The summed E-state index contributed by atoms with van der Waals surface area (Å²) in [7, 11) is 1.65. The fourth-order valence-corrected chi connectivity index (χ4v) is 2.52. The average Bonchev–Trinajstić information content (AvgIpc) is 3.01. The van der Waals surface area contributed by atoms with Crippen LogP contribution in [0.5, 0.6) is 5.75 Å². The number of ether oxygens (including phenoxy) is 2. The maximum absolute atomic E-state index is 9.83. The van der Waals surface area contributed by atoms with Gasteiger partial charge in [0.1, 0.15) is 5.75 Å². The third-order valence-corrected chi connectivity index (χ3v) is 3.85. The fourth-order valence-electron chi connectivity index (χ4n) is 1.88. The summed E-state index contributed by atoms with van der Waals surface area (Å²) in [6.45, 7) is 2.13. The van der Waals surface area contributed by atoms with E-state index in [-0.39, 0.29) is 0 Å². The summed E-state index contributed by atoms with van der Waals surface area (Å²) >= 11 is 1.66. The molecule has 5 heteroatoms. The lowest BCUT2D eigenvalue weighted by Crippen LogP contribution is -2.30. The number of hydrogen-bond donors (Lipinski definition) is 2. The molecule has 0 aliphatic rings. The summed E-state index contributed by atoms with van der Waals surface area (Å²) in [5, 5.41) is 15.1. The van der Waals surface area contributed by atoms with Crippen LogP contribution in [0.4, 0.5) is 0 Å². The van der Waals surface area contributed by atoms with Gasteiger partial charge in [-0.3, -0.25) is 0 Å². The lowest BCUT2D eigenvalue weighted by molar-refractivity contribution is 0.0297. The molecular formula is C16H21NO3S. The van der Waals surface area contributed by atoms with E-state index in [0.717, 1.165) is 11.3 Å². The Morgan fingerprint density at radius 3 is 2.71 bits per heavy atom. The van der Waals surface area contributed by atoms with E-state index < -0.39 is 6.10 Å². The normalized spacial score (nSPS) is 12.3. The molecule has 0 aliphatic carbocycles. The highest BCUT2D eigenvalue weighted by Gasteiger charge is 2.04. The molecule has 0 radical (unpaired) electrons. The van der Waals surface area contributed by atoms with E-state index in [2.05, 4.69) is 5.32 Å². The Balaban J connectivity index is 1.58. The number of nitrogens with one attached hydrogen (secondary N) is 1. The predicted octanol–water partition coefficient (Wildman–Crippen LogP) is 2.42. The molecule has 0 aliphatic heterocycles. The zero-order valence-electron chi connectivity index (χ0n) is 12.1. The zero-order chi connectivity index (χ0) is 14.9. The van der Waals surface area contributed by atoms with Crippen LogP contribution in [0.2, 0.25) is 0 Å². The molecule has 1 heterocycles. The molecule has 0 saturated heterocycles. The maximum Gasteiger partial charge on any atom is 0.118 e. The monoisotopic (exact) mass is 307 g/mol. The minimum Gasteiger partial charge on any atom is -0.497 e. The highest BCUT2D eigenvalue weighted by Crippen LogP contribution is 2.11. The summed E-state index contributed by atoms with van der Waals surface area (Å²) in [6.07, 6.45) is -0.497.